The highest BCUT2D eigenvalue weighted by molar-refractivity contribution is 5.95. The van der Waals surface area contributed by atoms with Crippen molar-refractivity contribution in [3.8, 4) is 0 Å². The minimum absolute atomic E-state index is 0.226. The van der Waals surface area contributed by atoms with Crippen LogP contribution in [0.1, 0.15) is 37.8 Å². The number of rotatable bonds is 0. The molecular formula is C15H18O2. The summed E-state index contributed by atoms with van der Waals surface area (Å²) in [4.78, 5) is 12.5. The molecule has 3 atom stereocenters. The molecule has 0 aliphatic heterocycles. The summed E-state index contributed by atoms with van der Waals surface area (Å²) in [6, 6.07) is 8.19. The number of hydrogen-bond acceptors (Lipinski definition) is 2. The van der Waals surface area contributed by atoms with Crippen LogP contribution in [0.15, 0.2) is 24.3 Å². The Hall–Kier alpha value is -1.15. The molecule has 2 aliphatic rings. The number of fused-ring (bicyclic) bond motifs is 4. The number of benzene rings is 1. The third-order valence-corrected chi connectivity index (χ3v) is 4.78. The summed E-state index contributed by atoms with van der Waals surface area (Å²) in [6.45, 7) is 3.85. The lowest BCUT2D eigenvalue weighted by Gasteiger charge is -2.49. The molecule has 0 radical (unpaired) electrons. The first-order chi connectivity index (χ1) is 7.95. The van der Waals surface area contributed by atoms with E-state index >= 15 is 0 Å². The van der Waals surface area contributed by atoms with Gasteiger partial charge in [0.1, 0.15) is 5.78 Å². The number of Topliss-reactive ketones (excluding diaryl/α,β-unsaturated/α-hetero) is 1. The van der Waals surface area contributed by atoms with Gasteiger partial charge in [-0.1, -0.05) is 24.3 Å². The molecule has 2 nitrogen and oxygen atoms in total. The predicted octanol–water partition coefficient (Wildman–Crippen LogP) is 2.23. The average Bonchev–Trinajstić information content (AvgIpc) is 2.30. The van der Waals surface area contributed by atoms with Gasteiger partial charge < -0.3 is 5.11 Å². The molecule has 0 saturated heterocycles. The highest BCUT2D eigenvalue weighted by Gasteiger charge is 2.54. The zero-order chi connectivity index (χ0) is 12.3. The van der Waals surface area contributed by atoms with Gasteiger partial charge in [0, 0.05) is 0 Å². The number of aliphatic hydroxyl groups is 1. The zero-order valence-corrected chi connectivity index (χ0v) is 10.4. The fourth-order valence-corrected chi connectivity index (χ4v) is 3.50. The van der Waals surface area contributed by atoms with Crippen molar-refractivity contribution in [3.63, 3.8) is 0 Å². The van der Waals surface area contributed by atoms with Crippen LogP contribution < -0.4 is 0 Å². The van der Waals surface area contributed by atoms with E-state index in [-0.39, 0.29) is 17.1 Å². The van der Waals surface area contributed by atoms with Gasteiger partial charge in [0.05, 0.1) is 16.9 Å². The van der Waals surface area contributed by atoms with E-state index in [4.69, 9.17) is 0 Å². The molecule has 1 aromatic rings. The average molecular weight is 230 g/mol. The van der Waals surface area contributed by atoms with Crippen LogP contribution in [0.4, 0.5) is 0 Å². The fourth-order valence-electron chi connectivity index (χ4n) is 3.50. The van der Waals surface area contributed by atoms with E-state index in [0.717, 1.165) is 6.42 Å². The number of ketones is 1. The van der Waals surface area contributed by atoms with Crippen LogP contribution in [-0.4, -0.2) is 16.5 Å². The number of carbonyl (C=O) groups excluding carboxylic acids is 1. The molecular weight excluding hydrogens is 212 g/mol. The van der Waals surface area contributed by atoms with Crippen molar-refractivity contribution < 1.29 is 9.90 Å². The second-order valence-electron chi connectivity index (χ2n) is 5.97. The molecule has 0 amide bonds. The van der Waals surface area contributed by atoms with E-state index in [9.17, 15) is 9.90 Å². The normalized spacial score (nSPS) is 39.9. The van der Waals surface area contributed by atoms with Crippen LogP contribution in [0, 0.1) is 5.92 Å². The van der Waals surface area contributed by atoms with E-state index in [0.29, 0.717) is 12.8 Å². The molecule has 0 heterocycles. The molecule has 1 N–H and O–H groups in total. The molecule has 1 fully saturated rings. The maximum absolute atomic E-state index is 12.5. The summed E-state index contributed by atoms with van der Waals surface area (Å²) < 4.78 is 0. The molecule has 1 saturated carbocycles. The summed E-state index contributed by atoms with van der Waals surface area (Å²) in [5, 5.41) is 10.4. The van der Waals surface area contributed by atoms with E-state index in [2.05, 4.69) is 12.1 Å². The second kappa shape index (κ2) is 3.20. The third-order valence-electron chi connectivity index (χ3n) is 4.78. The Morgan fingerprint density at radius 1 is 1.24 bits per heavy atom. The molecule has 3 rings (SSSR count). The van der Waals surface area contributed by atoms with Gasteiger partial charge in [-0.3, -0.25) is 4.79 Å². The van der Waals surface area contributed by atoms with Gasteiger partial charge in [-0.25, -0.2) is 0 Å². The van der Waals surface area contributed by atoms with Crippen molar-refractivity contribution in [2.75, 3.05) is 0 Å². The summed E-state index contributed by atoms with van der Waals surface area (Å²) in [7, 11) is 0. The fraction of sp³-hybridized carbons (Fsp3) is 0.533. The lowest BCUT2D eigenvalue weighted by Crippen LogP contribution is -2.56. The van der Waals surface area contributed by atoms with Gasteiger partial charge in [0.25, 0.3) is 0 Å². The Kier molecular flexibility index (Phi) is 2.06. The summed E-state index contributed by atoms with van der Waals surface area (Å²) in [6.07, 6.45) is 2.16. The first kappa shape index (κ1) is 11.0. The Labute approximate surface area is 102 Å². The molecule has 1 aromatic carbocycles. The Morgan fingerprint density at radius 3 is 2.71 bits per heavy atom. The summed E-state index contributed by atoms with van der Waals surface area (Å²) in [5.41, 5.74) is 1.21. The number of carbonyl (C=O) groups is 1. The largest absolute Gasteiger partial charge is 0.389 e. The van der Waals surface area contributed by atoms with Crippen molar-refractivity contribution in [2.45, 2.75) is 44.1 Å². The van der Waals surface area contributed by atoms with Crippen LogP contribution in [0.5, 0.6) is 0 Å². The first-order valence-electron chi connectivity index (χ1n) is 6.30. The van der Waals surface area contributed by atoms with Crippen LogP contribution >= 0.6 is 0 Å². The van der Waals surface area contributed by atoms with Crippen molar-refractivity contribution in [3.05, 3.63) is 35.4 Å². The summed E-state index contributed by atoms with van der Waals surface area (Å²) >= 11 is 0. The highest BCUT2D eigenvalue weighted by atomic mass is 16.3. The van der Waals surface area contributed by atoms with Crippen LogP contribution in [-0.2, 0) is 16.6 Å². The Morgan fingerprint density at radius 2 is 1.94 bits per heavy atom. The molecule has 2 bridgehead atoms. The Bertz CT molecular complexity index is 489. The third kappa shape index (κ3) is 1.34. The van der Waals surface area contributed by atoms with E-state index in [1.807, 2.05) is 26.0 Å². The van der Waals surface area contributed by atoms with Gasteiger partial charge in [0.15, 0.2) is 0 Å². The van der Waals surface area contributed by atoms with Gasteiger partial charge in [-0.05, 0) is 44.2 Å². The molecule has 3 unspecified atom stereocenters. The van der Waals surface area contributed by atoms with Gasteiger partial charge in [0.2, 0.25) is 0 Å². The smallest absolute Gasteiger partial charge is 0.149 e. The molecule has 0 aromatic heterocycles. The SMILES string of the molecule is CC12CCC(C)(O)C(Cc3ccccc31)C2=O. The van der Waals surface area contributed by atoms with E-state index < -0.39 is 5.60 Å². The first-order valence-corrected chi connectivity index (χ1v) is 6.30. The van der Waals surface area contributed by atoms with E-state index in [1.54, 1.807) is 0 Å². The topological polar surface area (TPSA) is 37.3 Å². The monoisotopic (exact) mass is 230 g/mol. The summed E-state index contributed by atoms with van der Waals surface area (Å²) in [5.74, 6) is 0.00333. The van der Waals surface area contributed by atoms with Crippen LogP contribution in [0.3, 0.4) is 0 Å². The quantitative estimate of drug-likeness (QED) is 0.742. The Balaban J connectivity index is 2.20. The van der Waals surface area contributed by atoms with Crippen molar-refractivity contribution in [2.24, 2.45) is 5.92 Å². The minimum Gasteiger partial charge on any atom is -0.389 e. The lowest BCUT2D eigenvalue weighted by atomic mass is 9.55. The van der Waals surface area contributed by atoms with Gasteiger partial charge in [-0.2, -0.15) is 0 Å². The number of hydrogen-bond donors (Lipinski definition) is 1. The van der Waals surface area contributed by atoms with Gasteiger partial charge >= 0.3 is 0 Å². The molecule has 90 valence electrons. The lowest BCUT2D eigenvalue weighted by molar-refractivity contribution is -0.145. The highest BCUT2D eigenvalue weighted by Crippen LogP contribution is 2.49. The van der Waals surface area contributed by atoms with Gasteiger partial charge in [-0.15, -0.1) is 0 Å². The maximum atomic E-state index is 12.5. The zero-order valence-electron chi connectivity index (χ0n) is 10.4. The van der Waals surface area contributed by atoms with Crippen molar-refractivity contribution in [1.29, 1.82) is 0 Å². The predicted molar refractivity (Wildman–Crippen MR) is 65.9 cm³/mol. The van der Waals surface area contributed by atoms with Crippen molar-refractivity contribution >= 4 is 5.78 Å². The minimum atomic E-state index is -0.829. The van der Waals surface area contributed by atoms with E-state index in [1.165, 1.54) is 11.1 Å². The molecule has 17 heavy (non-hydrogen) atoms. The van der Waals surface area contributed by atoms with Crippen LogP contribution in [0.25, 0.3) is 0 Å². The second-order valence-corrected chi connectivity index (χ2v) is 5.97. The van der Waals surface area contributed by atoms with Crippen molar-refractivity contribution in [1.82, 2.24) is 0 Å². The standard InChI is InChI=1S/C15H18O2/c1-14-7-8-15(2,17)12(13(14)16)9-10-5-3-4-6-11(10)14/h3-6,12,17H,7-9H2,1-2H3. The van der Waals surface area contributed by atoms with Crippen LogP contribution in [0.2, 0.25) is 0 Å². The molecule has 2 heteroatoms. The maximum Gasteiger partial charge on any atom is 0.149 e. The molecule has 2 aliphatic carbocycles. The molecule has 0 spiro atoms.